The van der Waals surface area contributed by atoms with Crippen molar-refractivity contribution in [2.75, 3.05) is 0 Å². The smallest absolute Gasteiger partial charge is 0.0139 e. The molecule has 2 aliphatic carbocycles. The van der Waals surface area contributed by atoms with Gasteiger partial charge in [0.15, 0.2) is 0 Å². The summed E-state index contributed by atoms with van der Waals surface area (Å²) in [5.74, 6) is 1.44. The molecule has 0 bridgehead atoms. The van der Waals surface area contributed by atoms with Gasteiger partial charge in [0.25, 0.3) is 0 Å². The van der Waals surface area contributed by atoms with Gasteiger partial charge in [-0.05, 0) is 52.1 Å². The fourth-order valence-corrected chi connectivity index (χ4v) is 5.17. The molecule has 5 rings (SSSR count). The van der Waals surface area contributed by atoms with Crippen LogP contribution in [0.15, 0.2) is 91.5 Å². The zero-order valence-corrected chi connectivity index (χ0v) is 15.5. The molecule has 3 aromatic rings. The van der Waals surface area contributed by atoms with Crippen molar-refractivity contribution >= 4 is 6.08 Å². The van der Waals surface area contributed by atoms with Crippen molar-refractivity contribution in [3.63, 3.8) is 0 Å². The van der Waals surface area contributed by atoms with Gasteiger partial charge >= 0.3 is 0 Å². The molecule has 0 saturated carbocycles. The molecule has 0 spiro atoms. The van der Waals surface area contributed by atoms with Gasteiger partial charge in [-0.25, -0.2) is 0 Å². The van der Waals surface area contributed by atoms with E-state index < -0.39 is 0 Å². The topological polar surface area (TPSA) is 0 Å². The molecular formula is C27H24. The standard InChI is InChI=1S/C27H24/c1-2-3-11-24(23-18-17-19-10-4-5-12-20(19)23)27-25-15-8-6-13-21(25)22-14-7-9-16-26(22)27/h2,4-10,12-18,23-24,27H,1,3,11H2. The SMILES string of the molecule is C=CCCC(C1C=Cc2ccccc21)C1c2ccccc2-c2ccccc21. The van der Waals surface area contributed by atoms with Gasteiger partial charge in [0.05, 0.1) is 0 Å². The zero-order chi connectivity index (χ0) is 18.2. The maximum atomic E-state index is 4.00. The molecule has 0 heterocycles. The summed E-state index contributed by atoms with van der Waals surface area (Å²) in [5.41, 5.74) is 8.67. The van der Waals surface area contributed by atoms with Crippen LogP contribution < -0.4 is 0 Å². The molecule has 3 aromatic carbocycles. The molecule has 0 saturated heterocycles. The Kier molecular flexibility index (Phi) is 4.05. The molecule has 132 valence electrons. The van der Waals surface area contributed by atoms with Crippen molar-refractivity contribution in [2.24, 2.45) is 5.92 Å². The molecule has 2 unspecified atom stereocenters. The Morgan fingerprint density at radius 2 is 1.37 bits per heavy atom. The summed E-state index contributed by atoms with van der Waals surface area (Å²) >= 11 is 0. The van der Waals surface area contributed by atoms with E-state index in [0.29, 0.717) is 17.8 Å². The Morgan fingerprint density at radius 3 is 2.04 bits per heavy atom. The lowest BCUT2D eigenvalue weighted by Crippen LogP contribution is -2.19. The van der Waals surface area contributed by atoms with E-state index in [1.165, 1.54) is 33.4 Å². The van der Waals surface area contributed by atoms with E-state index in [1.807, 2.05) is 0 Å². The first kappa shape index (κ1) is 16.3. The van der Waals surface area contributed by atoms with Crippen LogP contribution in [0.25, 0.3) is 17.2 Å². The highest BCUT2D eigenvalue weighted by atomic mass is 14.4. The van der Waals surface area contributed by atoms with E-state index in [2.05, 4.69) is 97.6 Å². The molecule has 27 heavy (non-hydrogen) atoms. The zero-order valence-electron chi connectivity index (χ0n) is 15.5. The molecule has 0 aromatic heterocycles. The maximum Gasteiger partial charge on any atom is 0.0139 e. The molecule has 0 amide bonds. The first-order valence-corrected chi connectivity index (χ1v) is 9.94. The van der Waals surface area contributed by atoms with Crippen LogP contribution in [-0.2, 0) is 0 Å². The molecule has 0 radical (unpaired) electrons. The van der Waals surface area contributed by atoms with Crippen LogP contribution >= 0.6 is 0 Å². The summed E-state index contributed by atoms with van der Waals surface area (Å²) in [6.45, 7) is 4.00. The minimum absolute atomic E-state index is 0.443. The number of allylic oxidation sites excluding steroid dienone is 2. The van der Waals surface area contributed by atoms with Crippen LogP contribution in [0.4, 0.5) is 0 Å². The van der Waals surface area contributed by atoms with Crippen molar-refractivity contribution in [3.8, 4) is 11.1 Å². The predicted molar refractivity (Wildman–Crippen MR) is 115 cm³/mol. The van der Waals surface area contributed by atoms with Crippen LogP contribution in [0, 0.1) is 5.92 Å². The van der Waals surface area contributed by atoms with E-state index in [9.17, 15) is 0 Å². The molecule has 0 aliphatic heterocycles. The van der Waals surface area contributed by atoms with Gasteiger partial charge in [0.2, 0.25) is 0 Å². The van der Waals surface area contributed by atoms with Crippen molar-refractivity contribution in [2.45, 2.75) is 24.7 Å². The molecule has 0 nitrogen and oxygen atoms in total. The van der Waals surface area contributed by atoms with Crippen molar-refractivity contribution in [3.05, 3.63) is 114 Å². The minimum atomic E-state index is 0.443. The van der Waals surface area contributed by atoms with E-state index >= 15 is 0 Å². The maximum absolute atomic E-state index is 4.00. The third kappa shape index (κ3) is 2.59. The molecule has 0 fully saturated rings. The quantitative estimate of drug-likeness (QED) is 0.428. The summed E-state index contributed by atoms with van der Waals surface area (Å²) in [5, 5.41) is 0. The van der Waals surface area contributed by atoms with Crippen LogP contribution in [0.1, 0.15) is 46.9 Å². The summed E-state index contributed by atoms with van der Waals surface area (Å²) in [6, 6.07) is 26.9. The second kappa shape index (κ2) is 6.70. The predicted octanol–water partition coefficient (Wildman–Crippen LogP) is 7.19. The van der Waals surface area contributed by atoms with Gasteiger partial charge in [-0.2, -0.15) is 0 Å². The Labute approximate surface area is 161 Å². The number of hydrogen-bond donors (Lipinski definition) is 0. The first-order valence-electron chi connectivity index (χ1n) is 9.94. The monoisotopic (exact) mass is 348 g/mol. The normalized spacial score (nSPS) is 18.0. The fourth-order valence-electron chi connectivity index (χ4n) is 5.17. The van der Waals surface area contributed by atoms with E-state index in [0.717, 1.165) is 12.8 Å². The second-order valence-corrected chi connectivity index (χ2v) is 7.70. The Morgan fingerprint density at radius 1 is 0.778 bits per heavy atom. The summed E-state index contributed by atoms with van der Waals surface area (Å²) in [6.07, 6.45) is 9.03. The molecule has 2 aliphatic rings. The Balaban J connectivity index is 1.65. The summed E-state index contributed by atoms with van der Waals surface area (Å²) in [4.78, 5) is 0. The van der Waals surface area contributed by atoms with Crippen LogP contribution in [0.5, 0.6) is 0 Å². The molecule has 0 N–H and O–H groups in total. The highest BCUT2D eigenvalue weighted by molar-refractivity contribution is 5.79. The minimum Gasteiger partial charge on any atom is -0.103 e. The highest BCUT2D eigenvalue weighted by Gasteiger charge is 2.38. The number of hydrogen-bond acceptors (Lipinski definition) is 0. The van der Waals surface area contributed by atoms with Crippen LogP contribution in [0.2, 0.25) is 0 Å². The fraction of sp³-hybridized carbons (Fsp3) is 0.185. The Hall–Kier alpha value is -2.86. The lowest BCUT2D eigenvalue weighted by molar-refractivity contribution is 0.405. The first-order chi connectivity index (χ1) is 13.4. The van der Waals surface area contributed by atoms with E-state index in [4.69, 9.17) is 0 Å². The largest absolute Gasteiger partial charge is 0.103 e. The second-order valence-electron chi connectivity index (χ2n) is 7.70. The van der Waals surface area contributed by atoms with E-state index in [-0.39, 0.29) is 0 Å². The lowest BCUT2D eigenvalue weighted by Gasteiger charge is -2.31. The summed E-state index contributed by atoms with van der Waals surface area (Å²) < 4.78 is 0. The van der Waals surface area contributed by atoms with Crippen molar-refractivity contribution in [1.82, 2.24) is 0 Å². The molecular weight excluding hydrogens is 324 g/mol. The summed E-state index contributed by atoms with van der Waals surface area (Å²) in [7, 11) is 0. The highest BCUT2D eigenvalue weighted by Crippen LogP contribution is 2.54. The number of benzene rings is 3. The molecule has 2 atom stereocenters. The van der Waals surface area contributed by atoms with Gasteiger partial charge in [0, 0.05) is 11.8 Å². The van der Waals surface area contributed by atoms with Crippen LogP contribution in [-0.4, -0.2) is 0 Å². The van der Waals surface area contributed by atoms with Crippen LogP contribution in [0.3, 0.4) is 0 Å². The Bertz CT molecular complexity index is 978. The third-order valence-electron chi connectivity index (χ3n) is 6.31. The lowest BCUT2D eigenvalue weighted by atomic mass is 9.72. The number of rotatable bonds is 5. The van der Waals surface area contributed by atoms with Gasteiger partial charge in [-0.1, -0.05) is 91.0 Å². The molecule has 0 heteroatoms. The average molecular weight is 348 g/mol. The average Bonchev–Trinajstić information content (AvgIpc) is 3.29. The van der Waals surface area contributed by atoms with Gasteiger partial charge in [-0.3, -0.25) is 0 Å². The van der Waals surface area contributed by atoms with Gasteiger partial charge < -0.3 is 0 Å². The third-order valence-corrected chi connectivity index (χ3v) is 6.31. The van der Waals surface area contributed by atoms with Gasteiger partial charge in [0.1, 0.15) is 0 Å². The van der Waals surface area contributed by atoms with E-state index in [1.54, 1.807) is 0 Å². The number of fused-ring (bicyclic) bond motifs is 4. The van der Waals surface area contributed by atoms with Crippen molar-refractivity contribution < 1.29 is 0 Å². The van der Waals surface area contributed by atoms with Crippen molar-refractivity contribution in [1.29, 1.82) is 0 Å². The van der Waals surface area contributed by atoms with Gasteiger partial charge in [-0.15, -0.1) is 6.58 Å².